The van der Waals surface area contributed by atoms with E-state index in [-0.39, 0.29) is 12.2 Å². The van der Waals surface area contributed by atoms with Gasteiger partial charge in [-0.2, -0.15) is 5.26 Å². The van der Waals surface area contributed by atoms with Crippen LogP contribution in [0, 0.1) is 17.2 Å². The number of nitriles is 1. The van der Waals surface area contributed by atoms with E-state index in [0.29, 0.717) is 16.5 Å². The molecule has 32 heavy (non-hydrogen) atoms. The van der Waals surface area contributed by atoms with Gasteiger partial charge in [0.1, 0.15) is 16.6 Å². The smallest absolute Gasteiger partial charge is 0.341 e. The highest BCUT2D eigenvalue weighted by atomic mass is 32.1. The number of ether oxygens (including phenoxy) is 1. The van der Waals surface area contributed by atoms with Crippen molar-refractivity contribution in [2.45, 2.75) is 33.1 Å². The van der Waals surface area contributed by atoms with E-state index in [1.165, 1.54) is 11.3 Å². The van der Waals surface area contributed by atoms with Gasteiger partial charge in [0.05, 0.1) is 12.2 Å². The Labute approximate surface area is 191 Å². The van der Waals surface area contributed by atoms with Crippen LogP contribution in [0.1, 0.15) is 46.6 Å². The Kier molecular flexibility index (Phi) is 6.15. The number of carbonyl (C=O) groups excluding carboxylic acids is 2. The van der Waals surface area contributed by atoms with Crippen LogP contribution in [0.3, 0.4) is 0 Å². The van der Waals surface area contributed by atoms with Crippen molar-refractivity contribution in [2.24, 2.45) is 13.0 Å². The lowest BCUT2D eigenvalue weighted by Crippen LogP contribution is -2.17. The molecule has 164 valence electrons. The van der Waals surface area contributed by atoms with Crippen molar-refractivity contribution in [1.82, 2.24) is 4.57 Å². The van der Waals surface area contributed by atoms with Gasteiger partial charge in [-0.15, -0.1) is 11.3 Å². The van der Waals surface area contributed by atoms with Crippen molar-refractivity contribution < 1.29 is 14.3 Å². The lowest BCUT2D eigenvalue weighted by Gasteiger charge is -2.18. The molecule has 0 radical (unpaired) electrons. The van der Waals surface area contributed by atoms with E-state index >= 15 is 0 Å². The van der Waals surface area contributed by atoms with Crippen LogP contribution in [0.5, 0.6) is 0 Å². The first kappa shape index (κ1) is 21.8. The monoisotopic (exact) mass is 447 g/mol. The summed E-state index contributed by atoms with van der Waals surface area (Å²) in [6, 6.07) is 9.84. The quantitative estimate of drug-likeness (QED) is 0.336. The van der Waals surface area contributed by atoms with Gasteiger partial charge < -0.3 is 14.6 Å². The number of carbonyl (C=O) groups is 2. The molecule has 4 rings (SSSR count). The molecule has 1 aliphatic rings. The zero-order chi connectivity index (χ0) is 22.8. The first-order chi connectivity index (χ1) is 15.4. The van der Waals surface area contributed by atoms with Crippen LogP contribution in [0.4, 0.5) is 5.00 Å². The number of anilines is 1. The Morgan fingerprint density at radius 2 is 2.16 bits per heavy atom. The maximum atomic E-state index is 13.0. The summed E-state index contributed by atoms with van der Waals surface area (Å²) in [5, 5.41) is 14.0. The summed E-state index contributed by atoms with van der Waals surface area (Å²) in [6.45, 7) is 4.21. The largest absolute Gasteiger partial charge is 0.462 e. The number of nitrogens with zero attached hydrogens (tertiary/aromatic N) is 2. The van der Waals surface area contributed by atoms with Gasteiger partial charge in [-0.3, -0.25) is 4.79 Å². The van der Waals surface area contributed by atoms with Gasteiger partial charge in [0.15, 0.2) is 0 Å². The SMILES string of the molecule is CCOC(=O)c1c(NC(=O)/C(C#N)=C/c2cn(C)c3ccccc23)sc2c1CCC(C)C2. The predicted octanol–water partition coefficient (Wildman–Crippen LogP) is 5.09. The second kappa shape index (κ2) is 9.01. The topological polar surface area (TPSA) is 84.1 Å². The number of esters is 1. The highest BCUT2D eigenvalue weighted by Crippen LogP contribution is 2.40. The molecular formula is C25H25N3O3S. The van der Waals surface area contributed by atoms with Gasteiger partial charge in [0, 0.05) is 34.6 Å². The molecule has 2 aromatic heterocycles. The van der Waals surface area contributed by atoms with Gasteiger partial charge in [-0.1, -0.05) is 25.1 Å². The first-order valence-corrected chi connectivity index (χ1v) is 11.5. The molecule has 0 spiro atoms. The zero-order valence-corrected chi connectivity index (χ0v) is 19.2. The minimum atomic E-state index is -0.530. The third-order valence-corrected chi connectivity index (χ3v) is 6.98. The highest BCUT2D eigenvalue weighted by molar-refractivity contribution is 7.17. The van der Waals surface area contributed by atoms with Crippen molar-refractivity contribution in [2.75, 3.05) is 11.9 Å². The van der Waals surface area contributed by atoms with Gasteiger partial charge >= 0.3 is 5.97 Å². The number of fused-ring (bicyclic) bond motifs is 2. The molecule has 0 aliphatic heterocycles. The summed E-state index contributed by atoms with van der Waals surface area (Å²) < 4.78 is 7.23. The lowest BCUT2D eigenvalue weighted by atomic mass is 9.88. The molecule has 1 atom stereocenters. The summed E-state index contributed by atoms with van der Waals surface area (Å²) in [4.78, 5) is 26.8. The summed E-state index contributed by atoms with van der Waals surface area (Å²) in [5.41, 5.74) is 3.20. The number of rotatable bonds is 5. The van der Waals surface area contributed by atoms with Crippen molar-refractivity contribution in [1.29, 1.82) is 5.26 Å². The fourth-order valence-corrected chi connectivity index (χ4v) is 5.61. The number of nitrogens with one attached hydrogen (secondary N) is 1. The summed E-state index contributed by atoms with van der Waals surface area (Å²) in [7, 11) is 1.93. The number of hydrogen-bond donors (Lipinski definition) is 1. The molecule has 1 unspecified atom stereocenters. The summed E-state index contributed by atoms with van der Waals surface area (Å²) in [6.07, 6.45) is 6.14. The summed E-state index contributed by atoms with van der Waals surface area (Å²) in [5.74, 6) is -0.426. The van der Waals surface area contributed by atoms with E-state index in [0.717, 1.165) is 46.2 Å². The van der Waals surface area contributed by atoms with Gasteiger partial charge in [-0.25, -0.2) is 4.79 Å². The lowest BCUT2D eigenvalue weighted by molar-refractivity contribution is -0.112. The van der Waals surface area contributed by atoms with Gasteiger partial charge in [0.25, 0.3) is 5.91 Å². The van der Waals surface area contributed by atoms with E-state index in [2.05, 4.69) is 12.2 Å². The molecule has 1 aromatic carbocycles. The molecule has 1 amide bonds. The molecule has 0 bridgehead atoms. The normalized spacial score (nSPS) is 15.8. The number of aryl methyl sites for hydroxylation is 1. The molecule has 0 fully saturated rings. The van der Waals surface area contributed by atoms with Crippen molar-refractivity contribution in [3.05, 3.63) is 57.6 Å². The zero-order valence-electron chi connectivity index (χ0n) is 18.4. The maximum absolute atomic E-state index is 13.0. The first-order valence-electron chi connectivity index (χ1n) is 10.7. The molecule has 3 aromatic rings. The second-order valence-corrected chi connectivity index (χ2v) is 9.22. The third kappa shape index (κ3) is 4.06. The minimum absolute atomic E-state index is 0.0177. The molecule has 6 nitrogen and oxygen atoms in total. The molecule has 2 heterocycles. The van der Waals surface area contributed by atoms with Crippen LogP contribution in [-0.4, -0.2) is 23.1 Å². The van der Waals surface area contributed by atoms with Crippen LogP contribution in [-0.2, 0) is 29.4 Å². The maximum Gasteiger partial charge on any atom is 0.341 e. The van der Waals surface area contributed by atoms with Crippen LogP contribution < -0.4 is 5.32 Å². The van der Waals surface area contributed by atoms with E-state index in [9.17, 15) is 14.9 Å². The Morgan fingerprint density at radius 3 is 2.91 bits per heavy atom. The Balaban J connectivity index is 1.69. The minimum Gasteiger partial charge on any atom is -0.462 e. The summed E-state index contributed by atoms with van der Waals surface area (Å²) >= 11 is 1.42. The van der Waals surface area contributed by atoms with E-state index < -0.39 is 11.9 Å². The molecule has 1 N–H and O–H groups in total. The highest BCUT2D eigenvalue weighted by Gasteiger charge is 2.29. The number of aromatic nitrogens is 1. The third-order valence-electron chi connectivity index (χ3n) is 5.81. The van der Waals surface area contributed by atoms with Gasteiger partial charge in [0.2, 0.25) is 0 Å². The van der Waals surface area contributed by atoms with Crippen LogP contribution in [0.2, 0.25) is 0 Å². The Hall–Kier alpha value is -3.37. The van der Waals surface area contributed by atoms with Crippen molar-refractivity contribution in [3.63, 3.8) is 0 Å². The fourth-order valence-electron chi connectivity index (χ4n) is 4.22. The Morgan fingerprint density at radius 1 is 1.38 bits per heavy atom. The van der Waals surface area contributed by atoms with Crippen molar-refractivity contribution in [3.8, 4) is 6.07 Å². The molecule has 0 saturated heterocycles. The average Bonchev–Trinajstić information content (AvgIpc) is 3.28. The van der Waals surface area contributed by atoms with E-state index in [1.54, 1.807) is 13.0 Å². The second-order valence-electron chi connectivity index (χ2n) is 8.11. The number of thiophene rings is 1. The number of hydrogen-bond acceptors (Lipinski definition) is 5. The Bertz CT molecular complexity index is 1280. The number of amides is 1. The van der Waals surface area contributed by atoms with Crippen LogP contribution >= 0.6 is 11.3 Å². The molecule has 1 aliphatic carbocycles. The van der Waals surface area contributed by atoms with Crippen LogP contribution in [0.25, 0.3) is 17.0 Å². The molecular weight excluding hydrogens is 422 g/mol. The average molecular weight is 448 g/mol. The van der Waals surface area contributed by atoms with E-state index in [4.69, 9.17) is 4.74 Å². The van der Waals surface area contributed by atoms with Crippen LogP contribution in [0.15, 0.2) is 36.0 Å². The number of benzene rings is 1. The fraction of sp³-hybridized carbons (Fsp3) is 0.320. The number of para-hydroxylation sites is 1. The van der Waals surface area contributed by atoms with Gasteiger partial charge in [-0.05, 0) is 49.8 Å². The molecule has 0 saturated carbocycles. The van der Waals surface area contributed by atoms with E-state index in [1.807, 2.05) is 48.1 Å². The standard InChI is InChI=1S/C25H25N3O3S/c1-4-31-25(30)22-19-10-9-15(2)11-21(19)32-24(22)27-23(29)16(13-26)12-17-14-28(3)20-8-6-5-7-18(17)20/h5-8,12,14-15H,4,9-11H2,1-3H3,(H,27,29)/b16-12+. The van der Waals surface area contributed by atoms with Crippen molar-refractivity contribution >= 4 is 45.2 Å². The molecule has 7 heteroatoms. The predicted molar refractivity (Wildman–Crippen MR) is 127 cm³/mol.